The van der Waals surface area contributed by atoms with Crippen molar-refractivity contribution >= 4 is 52.3 Å². The summed E-state index contributed by atoms with van der Waals surface area (Å²) in [6.07, 6.45) is 2.35. The number of carbonyl (C=O) groups excluding carboxylic acids is 4. The minimum atomic E-state index is -1.55. The average Bonchev–Trinajstić information content (AvgIpc) is 3.78. The highest BCUT2D eigenvalue weighted by Gasteiger charge is 2.70. The van der Waals surface area contributed by atoms with Gasteiger partial charge >= 0.3 is 0 Å². The Kier molecular flexibility index (Phi) is 7.80. The predicted octanol–water partition coefficient (Wildman–Crippen LogP) is 6.44. The fraction of sp³-hybridized carbons (Fsp3) is 0.263. The molecule has 0 radical (unpaired) electrons. The number of ether oxygens (including phenoxy) is 1. The van der Waals surface area contributed by atoms with Crippen LogP contribution in [-0.4, -0.2) is 45.8 Å². The minimum Gasteiger partial charge on any atom is -0.504 e. The molecule has 254 valence electrons. The number of nitrogens with zero attached hydrogens (tertiary/aromatic N) is 2. The predicted molar refractivity (Wildman–Crippen MR) is 184 cm³/mol. The van der Waals surface area contributed by atoms with Gasteiger partial charge < -0.3 is 9.84 Å². The molecule has 2 aliphatic heterocycles. The van der Waals surface area contributed by atoms with Crippen molar-refractivity contribution in [1.29, 1.82) is 0 Å². The third-order valence-electron chi connectivity index (χ3n) is 10.8. The standard InChI is InChI=1S/C38H31ClFN3O6S/c1-49-31-15-4-20(17-30(31)44)33-26-13-14-27-32(36(47)42(34(27)45)19-25-3-2-16-50-25)28(26)18-29-35(46)43(41-24-11-9-23(40)10-12-24)37(48)38(29,33)21-5-7-22(39)8-6-21/h2-13,15-17,27-29,32-33,41,44H,14,18-19H2,1H3. The van der Waals surface area contributed by atoms with Gasteiger partial charge in [-0.3, -0.25) is 29.5 Å². The summed E-state index contributed by atoms with van der Waals surface area (Å²) < 4.78 is 19.2. The van der Waals surface area contributed by atoms with Gasteiger partial charge in [-0.1, -0.05) is 47.5 Å². The van der Waals surface area contributed by atoms with Crippen LogP contribution in [0.3, 0.4) is 0 Å². The van der Waals surface area contributed by atoms with Gasteiger partial charge in [0, 0.05) is 15.8 Å². The summed E-state index contributed by atoms with van der Waals surface area (Å²) in [6, 6.07) is 20.8. The summed E-state index contributed by atoms with van der Waals surface area (Å²) >= 11 is 7.81. The van der Waals surface area contributed by atoms with Gasteiger partial charge in [0.25, 0.3) is 11.8 Å². The number of hydrogen-bond donors (Lipinski definition) is 2. The molecule has 6 unspecified atom stereocenters. The maximum atomic E-state index is 15.2. The molecule has 3 fully saturated rings. The first-order valence-electron chi connectivity index (χ1n) is 16.2. The highest BCUT2D eigenvalue weighted by molar-refractivity contribution is 7.09. The number of amides is 4. The zero-order valence-corrected chi connectivity index (χ0v) is 28.3. The fourth-order valence-corrected chi connectivity index (χ4v) is 9.51. The summed E-state index contributed by atoms with van der Waals surface area (Å²) in [5.41, 5.74) is 3.53. The highest BCUT2D eigenvalue weighted by atomic mass is 35.5. The number of carbonyl (C=O) groups is 4. The van der Waals surface area contributed by atoms with E-state index in [9.17, 15) is 23.9 Å². The average molecular weight is 712 g/mol. The molecule has 12 heteroatoms. The molecular formula is C38H31ClFN3O6S. The number of methoxy groups -OCH3 is 1. The Morgan fingerprint density at radius 3 is 2.42 bits per heavy atom. The maximum Gasteiger partial charge on any atom is 0.260 e. The number of nitrogens with one attached hydrogen (secondary N) is 1. The largest absolute Gasteiger partial charge is 0.504 e. The number of halogens is 2. The number of hydrogen-bond acceptors (Lipinski definition) is 8. The summed E-state index contributed by atoms with van der Waals surface area (Å²) in [4.78, 5) is 60.2. The molecule has 0 spiro atoms. The van der Waals surface area contributed by atoms with E-state index in [0.717, 1.165) is 15.5 Å². The molecule has 1 saturated carbocycles. The molecule has 2 saturated heterocycles. The van der Waals surface area contributed by atoms with Gasteiger partial charge in [0.1, 0.15) is 5.82 Å². The maximum absolute atomic E-state index is 15.2. The molecule has 9 nitrogen and oxygen atoms in total. The molecule has 4 aliphatic rings. The van der Waals surface area contributed by atoms with Crippen LogP contribution < -0.4 is 10.2 Å². The minimum absolute atomic E-state index is 0.117. The van der Waals surface area contributed by atoms with Gasteiger partial charge in [-0.25, -0.2) is 4.39 Å². The van der Waals surface area contributed by atoms with Crippen LogP contribution in [0.1, 0.15) is 34.8 Å². The van der Waals surface area contributed by atoms with E-state index in [-0.39, 0.29) is 42.7 Å². The van der Waals surface area contributed by atoms with Crippen LogP contribution in [0.2, 0.25) is 5.02 Å². The SMILES string of the molecule is COc1ccc(C2C3=CCC4C(=O)N(Cc5cccs5)C(=O)C4C3CC3C(=O)N(Nc4ccc(F)cc4)C(=O)C32c2ccc(Cl)cc2)cc1O. The van der Waals surface area contributed by atoms with Gasteiger partial charge in [-0.05, 0) is 89.9 Å². The normalized spacial score (nSPS) is 27.2. The molecule has 3 heterocycles. The Morgan fingerprint density at radius 2 is 1.74 bits per heavy atom. The number of phenols is 1. The van der Waals surface area contributed by atoms with Gasteiger partial charge in [0.2, 0.25) is 11.8 Å². The number of allylic oxidation sites excluding steroid dienone is 2. The molecule has 50 heavy (non-hydrogen) atoms. The Hall–Kier alpha value is -5.00. The lowest BCUT2D eigenvalue weighted by atomic mass is 9.49. The molecule has 4 amide bonds. The van der Waals surface area contributed by atoms with E-state index in [1.54, 1.807) is 36.4 Å². The van der Waals surface area contributed by atoms with Gasteiger partial charge in [0.15, 0.2) is 11.5 Å². The number of hydrazine groups is 1. The van der Waals surface area contributed by atoms with Crippen molar-refractivity contribution in [2.75, 3.05) is 12.5 Å². The Bertz CT molecular complexity index is 2070. The third kappa shape index (κ3) is 4.78. The van der Waals surface area contributed by atoms with Crippen molar-refractivity contribution in [2.45, 2.75) is 30.7 Å². The van der Waals surface area contributed by atoms with E-state index in [2.05, 4.69) is 5.43 Å². The molecule has 2 aliphatic carbocycles. The van der Waals surface area contributed by atoms with Crippen LogP contribution >= 0.6 is 22.9 Å². The first kappa shape index (κ1) is 32.2. The lowest BCUT2D eigenvalue weighted by molar-refractivity contribution is -0.141. The summed E-state index contributed by atoms with van der Waals surface area (Å²) in [7, 11) is 1.43. The van der Waals surface area contributed by atoms with E-state index in [1.165, 1.54) is 53.7 Å². The Balaban J connectivity index is 1.31. The van der Waals surface area contributed by atoms with Crippen molar-refractivity contribution in [1.82, 2.24) is 9.91 Å². The number of aromatic hydroxyl groups is 1. The molecular weight excluding hydrogens is 681 g/mol. The summed E-state index contributed by atoms with van der Waals surface area (Å²) in [5, 5.41) is 14.4. The number of rotatable bonds is 7. The van der Waals surface area contributed by atoms with Crippen LogP contribution in [0.5, 0.6) is 11.5 Å². The van der Waals surface area contributed by atoms with Crippen molar-refractivity contribution in [3.05, 3.63) is 123 Å². The lowest BCUT2D eigenvalue weighted by Gasteiger charge is -2.50. The van der Waals surface area contributed by atoms with E-state index < -0.39 is 52.6 Å². The lowest BCUT2D eigenvalue weighted by Crippen LogP contribution is -2.53. The molecule has 8 rings (SSSR count). The number of likely N-dealkylation sites (tertiary alicyclic amines) is 1. The first-order valence-corrected chi connectivity index (χ1v) is 17.5. The van der Waals surface area contributed by atoms with E-state index in [1.807, 2.05) is 23.6 Å². The second-order valence-corrected chi connectivity index (χ2v) is 14.6. The van der Waals surface area contributed by atoms with Crippen molar-refractivity contribution in [3.8, 4) is 11.5 Å². The molecule has 0 bridgehead atoms. The number of benzene rings is 3. The number of thiophene rings is 1. The quantitative estimate of drug-likeness (QED) is 0.168. The van der Waals surface area contributed by atoms with E-state index in [4.69, 9.17) is 16.3 Å². The van der Waals surface area contributed by atoms with Crippen LogP contribution in [0.15, 0.2) is 95.9 Å². The van der Waals surface area contributed by atoms with Crippen molar-refractivity contribution < 1.29 is 33.4 Å². The number of imide groups is 2. The first-order chi connectivity index (χ1) is 24.1. The number of anilines is 1. The smallest absolute Gasteiger partial charge is 0.260 e. The van der Waals surface area contributed by atoms with Crippen LogP contribution in [0.4, 0.5) is 10.1 Å². The Labute approximate surface area is 295 Å². The van der Waals surface area contributed by atoms with E-state index >= 15 is 4.79 Å². The summed E-state index contributed by atoms with van der Waals surface area (Å²) in [6.45, 7) is 0.172. The van der Waals surface area contributed by atoms with Gasteiger partial charge in [0.05, 0.1) is 42.5 Å². The Morgan fingerprint density at radius 1 is 0.980 bits per heavy atom. The van der Waals surface area contributed by atoms with Crippen molar-refractivity contribution in [3.63, 3.8) is 0 Å². The van der Waals surface area contributed by atoms with Crippen LogP contribution in [0.25, 0.3) is 0 Å². The fourth-order valence-electron chi connectivity index (χ4n) is 8.70. The van der Waals surface area contributed by atoms with Gasteiger partial charge in [-0.2, -0.15) is 5.01 Å². The summed E-state index contributed by atoms with van der Waals surface area (Å²) in [5.74, 6) is -5.74. The zero-order chi connectivity index (χ0) is 34.9. The molecule has 6 atom stereocenters. The molecule has 4 aromatic rings. The molecule has 3 aromatic carbocycles. The van der Waals surface area contributed by atoms with Crippen LogP contribution in [-0.2, 0) is 31.1 Å². The monoisotopic (exact) mass is 711 g/mol. The highest BCUT2D eigenvalue weighted by Crippen LogP contribution is 2.64. The topological polar surface area (TPSA) is 116 Å². The number of phenolic OH excluding ortho intramolecular Hbond substituents is 1. The molecule has 2 N–H and O–H groups in total. The zero-order valence-electron chi connectivity index (χ0n) is 26.7. The van der Waals surface area contributed by atoms with Gasteiger partial charge in [-0.15, -0.1) is 11.3 Å². The van der Waals surface area contributed by atoms with Crippen LogP contribution in [0, 0.1) is 29.5 Å². The molecule has 1 aromatic heterocycles. The van der Waals surface area contributed by atoms with E-state index in [0.29, 0.717) is 21.8 Å². The third-order valence-corrected chi connectivity index (χ3v) is 11.9. The van der Waals surface area contributed by atoms with Crippen molar-refractivity contribution in [2.24, 2.45) is 23.7 Å². The second kappa shape index (κ2) is 12.1. The second-order valence-electron chi connectivity index (χ2n) is 13.1. The number of fused-ring (bicyclic) bond motifs is 4.